The van der Waals surface area contributed by atoms with Crippen LogP contribution in [0, 0.1) is 0 Å². The van der Waals surface area contributed by atoms with Crippen LogP contribution in [0.4, 0.5) is 19.0 Å². The number of carbonyl (C=O) groups excluding carboxylic acids is 1. The number of hydrogen-bond acceptors (Lipinski definition) is 5. The van der Waals surface area contributed by atoms with Crippen molar-refractivity contribution in [2.75, 3.05) is 18.8 Å². The fraction of sp³-hybridized carbons (Fsp3) is 0.471. The van der Waals surface area contributed by atoms with Gasteiger partial charge in [0.05, 0.1) is 11.7 Å². The largest absolute Gasteiger partial charge is 0.573 e. The first-order valence-corrected chi connectivity index (χ1v) is 8.57. The fourth-order valence-electron chi connectivity index (χ4n) is 3.17. The van der Waals surface area contributed by atoms with Gasteiger partial charge in [0.15, 0.2) is 11.6 Å². The van der Waals surface area contributed by atoms with Crippen LogP contribution in [-0.2, 0) is 4.79 Å². The number of nitrogens with zero attached hydrogens (tertiary/aromatic N) is 4. The minimum atomic E-state index is -4.85. The molecule has 1 aliphatic carbocycles. The van der Waals surface area contributed by atoms with Gasteiger partial charge in [0.1, 0.15) is 5.82 Å². The molecule has 1 saturated heterocycles. The number of ether oxygens (including phenoxy) is 1. The zero-order valence-corrected chi connectivity index (χ0v) is 14.5. The molecule has 0 aromatic carbocycles. The van der Waals surface area contributed by atoms with Crippen molar-refractivity contribution in [3.63, 3.8) is 0 Å². The van der Waals surface area contributed by atoms with E-state index in [1.807, 2.05) is 4.57 Å². The average Bonchev–Trinajstić information content (AvgIpc) is 3.27. The fourth-order valence-corrected chi connectivity index (χ4v) is 3.17. The second kappa shape index (κ2) is 6.14. The number of anilines is 1. The summed E-state index contributed by atoms with van der Waals surface area (Å²) < 4.78 is 43.6. The van der Waals surface area contributed by atoms with Gasteiger partial charge in [0.2, 0.25) is 5.91 Å². The van der Waals surface area contributed by atoms with Crippen molar-refractivity contribution in [2.24, 2.45) is 0 Å². The highest BCUT2D eigenvalue weighted by Gasteiger charge is 2.37. The molecule has 1 amide bonds. The first kappa shape index (κ1) is 17.6. The van der Waals surface area contributed by atoms with E-state index < -0.39 is 12.1 Å². The summed E-state index contributed by atoms with van der Waals surface area (Å²) in [7, 11) is 0. The number of likely N-dealkylation sites (tertiary alicyclic amines) is 1. The maximum atomic E-state index is 12.5. The number of imidazole rings is 1. The topological polar surface area (TPSA) is 86.3 Å². The Morgan fingerprint density at radius 3 is 2.63 bits per heavy atom. The summed E-state index contributed by atoms with van der Waals surface area (Å²) in [6.07, 6.45) is 0.393. The molecule has 0 radical (unpaired) electrons. The highest BCUT2D eigenvalue weighted by Crippen LogP contribution is 2.42. The zero-order valence-electron chi connectivity index (χ0n) is 14.5. The molecule has 7 nitrogen and oxygen atoms in total. The predicted molar refractivity (Wildman–Crippen MR) is 89.8 cm³/mol. The number of carbonyl (C=O) groups is 1. The smallest absolute Gasteiger partial charge is 0.402 e. The van der Waals surface area contributed by atoms with Crippen molar-refractivity contribution >= 4 is 11.7 Å². The lowest BCUT2D eigenvalue weighted by Gasteiger charge is -2.40. The van der Waals surface area contributed by atoms with Crippen molar-refractivity contribution in [2.45, 2.75) is 38.1 Å². The van der Waals surface area contributed by atoms with Gasteiger partial charge in [-0.25, -0.2) is 9.97 Å². The molecule has 0 unspecified atom stereocenters. The number of alkyl halides is 3. The van der Waals surface area contributed by atoms with Crippen molar-refractivity contribution in [3.8, 4) is 17.0 Å². The maximum absolute atomic E-state index is 12.5. The van der Waals surface area contributed by atoms with Crippen molar-refractivity contribution in [1.82, 2.24) is 19.4 Å². The van der Waals surface area contributed by atoms with Gasteiger partial charge in [0, 0.05) is 43.9 Å². The molecule has 0 atom stereocenters. The van der Waals surface area contributed by atoms with E-state index in [9.17, 15) is 18.0 Å². The van der Waals surface area contributed by atoms with Gasteiger partial charge in [-0.15, -0.1) is 13.2 Å². The van der Waals surface area contributed by atoms with E-state index in [-0.39, 0.29) is 17.8 Å². The zero-order chi connectivity index (χ0) is 19.3. The summed E-state index contributed by atoms with van der Waals surface area (Å²) in [4.78, 5) is 21.6. The number of halogens is 3. The summed E-state index contributed by atoms with van der Waals surface area (Å²) in [5.41, 5.74) is 6.40. The second-order valence-corrected chi connectivity index (χ2v) is 6.90. The number of rotatable bonds is 4. The molecule has 4 rings (SSSR count). The van der Waals surface area contributed by atoms with Crippen molar-refractivity contribution < 1.29 is 22.7 Å². The standard InChI is InChI=1S/C17H18F3N5O2/c1-9(26)24-6-12(7-24)25-8-13(23-16(25)10-2-3-10)11-4-14(15(21)22-5-11)27-17(18,19)20/h4-5,8,10,12H,2-3,6-7H2,1H3,(H2,21,22). The third kappa shape index (κ3) is 3.56. The maximum Gasteiger partial charge on any atom is 0.573 e. The molecule has 1 saturated carbocycles. The quantitative estimate of drug-likeness (QED) is 0.880. The SMILES string of the molecule is CC(=O)N1CC(n2cc(-c3cnc(N)c(OC(F)(F)F)c3)nc2C2CC2)C1. The number of nitrogen functional groups attached to an aromatic ring is 1. The molecule has 0 spiro atoms. The van der Waals surface area contributed by atoms with Gasteiger partial charge in [-0.3, -0.25) is 4.79 Å². The molecule has 1 aliphatic heterocycles. The van der Waals surface area contributed by atoms with Crippen molar-refractivity contribution in [3.05, 3.63) is 24.3 Å². The summed E-state index contributed by atoms with van der Waals surface area (Å²) >= 11 is 0. The van der Waals surface area contributed by atoms with E-state index in [2.05, 4.69) is 14.7 Å². The van der Waals surface area contributed by atoms with Gasteiger partial charge in [0.25, 0.3) is 0 Å². The molecule has 2 fully saturated rings. The summed E-state index contributed by atoms with van der Waals surface area (Å²) in [5.74, 6) is 0.380. The third-order valence-electron chi connectivity index (χ3n) is 4.81. The predicted octanol–water partition coefficient (Wildman–Crippen LogP) is 2.71. The molecule has 10 heteroatoms. The molecular weight excluding hydrogens is 363 g/mol. The Balaban J connectivity index is 1.64. The van der Waals surface area contributed by atoms with E-state index >= 15 is 0 Å². The van der Waals surface area contributed by atoms with E-state index in [1.54, 1.807) is 11.1 Å². The molecule has 27 heavy (non-hydrogen) atoms. The molecule has 0 bridgehead atoms. The van der Waals surface area contributed by atoms with E-state index in [0.29, 0.717) is 30.3 Å². The summed E-state index contributed by atoms with van der Waals surface area (Å²) in [5, 5.41) is 0. The normalized spacial score (nSPS) is 17.7. The van der Waals surface area contributed by atoms with Crippen molar-refractivity contribution in [1.29, 1.82) is 0 Å². The number of pyridine rings is 1. The van der Waals surface area contributed by atoms with Crippen LogP contribution in [0.3, 0.4) is 0 Å². The van der Waals surface area contributed by atoms with Crippen LogP contribution in [0.15, 0.2) is 18.5 Å². The number of amides is 1. The molecule has 144 valence electrons. The number of hydrogen-bond donors (Lipinski definition) is 1. The monoisotopic (exact) mass is 381 g/mol. The number of aromatic nitrogens is 3. The van der Waals surface area contributed by atoms with Crippen LogP contribution in [-0.4, -0.2) is 44.8 Å². The molecule has 3 heterocycles. The first-order valence-electron chi connectivity index (χ1n) is 8.57. The van der Waals surface area contributed by atoms with Gasteiger partial charge in [-0.2, -0.15) is 0 Å². The Labute approximate surface area is 152 Å². The Kier molecular flexibility index (Phi) is 4.01. The lowest BCUT2D eigenvalue weighted by Crippen LogP contribution is -2.50. The van der Waals surface area contributed by atoms with Gasteiger partial charge >= 0.3 is 6.36 Å². The highest BCUT2D eigenvalue weighted by atomic mass is 19.4. The molecular formula is C17H18F3N5O2. The van der Waals surface area contributed by atoms with Gasteiger partial charge < -0.3 is 19.9 Å². The van der Waals surface area contributed by atoms with E-state index in [0.717, 1.165) is 18.7 Å². The average molecular weight is 381 g/mol. The highest BCUT2D eigenvalue weighted by molar-refractivity contribution is 5.74. The van der Waals surface area contributed by atoms with E-state index in [1.165, 1.54) is 19.2 Å². The third-order valence-corrected chi connectivity index (χ3v) is 4.81. The lowest BCUT2D eigenvalue weighted by atomic mass is 10.1. The van der Waals surface area contributed by atoms with Crippen LogP contribution in [0.1, 0.15) is 37.5 Å². The molecule has 2 aromatic rings. The Morgan fingerprint density at radius 2 is 2.04 bits per heavy atom. The summed E-state index contributed by atoms with van der Waals surface area (Å²) in [6, 6.07) is 1.32. The van der Waals surface area contributed by atoms with Crippen LogP contribution in [0.5, 0.6) is 5.75 Å². The molecule has 2 aromatic heterocycles. The minimum Gasteiger partial charge on any atom is -0.402 e. The Hall–Kier alpha value is -2.78. The molecule has 2 aliphatic rings. The first-order chi connectivity index (χ1) is 12.7. The van der Waals surface area contributed by atoms with Crippen LogP contribution in [0.25, 0.3) is 11.3 Å². The lowest BCUT2D eigenvalue weighted by molar-refractivity contribution is -0.274. The van der Waals surface area contributed by atoms with E-state index in [4.69, 9.17) is 5.73 Å². The summed E-state index contributed by atoms with van der Waals surface area (Å²) in [6.45, 7) is 2.74. The van der Waals surface area contributed by atoms with Crippen LogP contribution < -0.4 is 10.5 Å². The number of nitrogens with two attached hydrogens (primary N) is 1. The second-order valence-electron chi connectivity index (χ2n) is 6.90. The Bertz CT molecular complexity index is 885. The molecule has 2 N–H and O–H groups in total. The van der Waals surface area contributed by atoms with Gasteiger partial charge in [-0.1, -0.05) is 0 Å². The van der Waals surface area contributed by atoms with Crippen LogP contribution in [0.2, 0.25) is 0 Å². The van der Waals surface area contributed by atoms with Crippen LogP contribution >= 0.6 is 0 Å². The Morgan fingerprint density at radius 1 is 1.33 bits per heavy atom. The van der Waals surface area contributed by atoms with Gasteiger partial charge in [-0.05, 0) is 18.9 Å². The minimum absolute atomic E-state index is 0.0243.